The number of para-hydroxylation sites is 2. The minimum absolute atomic E-state index is 0.0232. The summed E-state index contributed by atoms with van der Waals surface area (Å²) in [6, 6.07) is 14.9. The van der Waals surface area contributed by atoms with Crippen LogP contribution in [0.25, 0.3) is 0 Å². The van der Waals surface area contributed by atoms with Gasteiger partial charge < -0.3 is 20.3 Å². The average Bonchev–Trinajstić information content (AvgIpc) is 3.44. The molecule has 1 saturated carbocycles. The van der Waals surface area contributed by atoms with Crippen molar-refractivity contribution in [3.63, 3.8) is 0 Å². The van der Waals surface area contributed by atoms with E-state index in [0.29, 0.717) is 30.3 Å². The van der Waals surface area contributed by atoms with E-state index < -0.39 is 0 Å². The van der Waals surface area contributed by atoms with Crippen LogP contribution in [-0.4, -0.2) is 37.6 Å². The third-order valence-electron chi connectivity index (χ3n) is 4.98. The molecule has 0 radical (unpaired) electrons. The molecule has 1 aliphatic carbocycles. The first-order valence-corrected chi connectivity index (χ1v) is 9.27. The van der Waals surface area contributed by atoms with E-state index in [1.165, 1.54) is 0 Å². The Balaban J connectivity index is 1.41. The van der Waals surface area contributed by atoms with Crippen LogP contribution in [-0.2, 0) is 4.79 Å². The number of hydrogen-bond donors (Lipinski definition) is 2. The maximum absolute atomic E-state index is 12.8. The quantitative estimate of drug-likeness (QED) is 0.826. The van der Waals surface area contributed by atoms with Crippen LogP contribution in [0.2, 0.25) is 0 Å². The van der Waals surface area contributed by atoms with Gasteiger partial charge in [-0.15, -0.1) is 0 Å². The van der Waals surface area contributed by atoms with Gasteiger partial charge in [-0.3, -0.25) is 9.59 Å². The standard InChI is InChI=1S/C21H23N3O3/c1-27-19-5-3-2-4-18(19)24-13-12-17(21(24)26)22-15-8-6-14(7-9-15)20(25)23-16-10-11-16/h2-9,16-17,22H,10-13H2,1H3,(H,23,25). The van der Waals surface area contributed by atoms with Crippen molar-refractivity contribution in [1.29, 1.82) is 0 Å². The van der Waals surface area contributed by atoms with Crippen LogP contribution in [0.3, 0.4) is 0 Å². The lowest BCUT2D eigenvalue weighted by Gasteiger charge is -2.20. The lowest BCUT2D eigenvalue weighted by Crippen LogP contribution is -2.33. The number of carbonyl (C=O) groups excluding carboxylic acids is 2. The molecule has 1 unspecified atom stereocenters. The van der Waals surface area contributed by atoms with E-state index >= 15 is 0 Å². The average molecular weight is 365 g/mol. The van der Waals surface area contributed by atoms with Gasteiger partial charge in [-0.05, 0) is 55.7 Å². The summed E-state index contributed by atoms with van der Waals surface area (Å²) in [5.74, 6) is 0.677. The summed E-state index contributed by atoms with van der Waals surface area (Å²) in [5.41, 5.74) is 2.26. The highest BCUT2D eigenvalue weighted by molar-refractivity contribution is 6.02. The molecule has 0 aromatic heterocycles. The molecule has 4 rings (SSSR count). The van der Waals surface area contributed by atoms with Gasteiger partial charge in [0.15, 0.2) is 0 Å². The highest BCUT2D eigenvalue weighted by Crippen LogP contribution is 2.31. The Bertz CT molecular complexity index is 846. The van der Waals surface area contributed by atoms with E-state index in [-0.39, 0.29) is 17.9 Å². The molecule has 1 saturated heterocycles. The maximum Gasteiger partial charge on any atom is 0.251 e. The Hall–Kier alpha value is -3.02. The van der Waals surface area contributed by atoms with Crippen LogP contribution in [0.15, 0.2) is 48.5 Å². The molecule has 2 aromatic rings. The van der Waals surface area contributed by atoms with Crippen LogP contribution in [0, 0.1) is 0 Å². The monoisotopic (exact) mass is 365 g/mol. The number of benzene rings is 2. The summed E-state index contributed by atoms with van der Waals surface area (Å²) in [4.78, 5) is 26.6. The zero-order chi connectivity index (χ0) is 18.8. The van der Waals surface area contributed by atoms with Crippen molar-refractivity contribution in [3.8, 4) is 5.75 Å². The van der Waals surface area contributed by atoms with Crippen molar-refractivity contribution in [3.05, 3.63) is 54.1 Å². The Labute approximate surface area is 158 Å². The van der Waals surface area contributed by atoms with Gasteiger partial charge in [-0.1, -0.05) is 12.1 Å². The predicted octanol–water partition coefficient (Wildman–Crippen LogP) is 2.80. The molecule has 2 N–H and O–H groups in total. The van der Waals surface area contributed by atoms with Gasteiger partial charge in [-0.2, -0.15) is 0 Å². The van der Waals surface area contributed by atoms with E-state index in [2.05, 4.69) is 10.6 Å². The number of hydrogen-bond acceptors (Lipinski definition) is 4. The first kappa shape index (κ1) is 17.4. The number of methoxy groups -OCH3 is 1. The lowest BCUT2D eigenvalue weighted by atomic mass is 10.1. The Morgan fingerprint density at radius 2 is 1.81 bits per heavy atom. The minimum Gasteiger partial charge on any atom is -0.495 e. The smallest absolute Gasteiger partial charge is 0.251 e. The molecular formula is C21H23N3O3. The molecule has 27 heavy (non-hydrogen) atoms. The second-order valence-electron chi connectivity index (χ2n) is 6.97. The van der Waals surface area contributed by atoms with Crippen LogP contribution in [0.5, 0.6) is 5.75 Å². The van der Waals surface area contributed by atoms with Gasteiger partial charge in [0.05, 0.1) is 12.8 Å². The number of carbonyl (C=O) groups is 2. The van der Waals surface area contributed by atoms with Crippen molar-refractivity contribution >= 4 is 23.2 Å². The van der Waals surface area contributed by atoms with E-state index in [4.69, 9.17) is 4.74 Å². The van der Waals surface area contributed by atoms with Crippen molar-refractivity contribution in [1.82, 2.24) is 5.32 Å². The fraction of sp³-hybridized carbons (Fsp3) is 0.333. The van der Waals surface area contributed by atoms with Gasteiger partial charge in [0.25, 0.3) is 5.91 Å². The van der Waals surface area contributed by atoms with Crippen molar-refractivity contribution in [2.75, 3.05) is 23.9 Å². The molecule has 1 heterocycles. The number of nitrogens with zero attached hydrogens (tertiary/aromatic N) is 1. The van der Waals surface area contributed by atoms with Crippen molar-refractivity contribution in [2.24, 2.45) is 0 Å². The van der Waals surface area contributed by atoms with E-state index in [0.717, 1.165) is 24.2 Å². The van der Waals surface area contributed by atoms with Crippen LogP contribution in [0.1, 0.15) is 29.6 Å². The molecule has 0 spiro atoms. The molecule has 2 fully saturated rings. The summed E-state index contributed by atoms with van der Waals surface area (Å²) in [5, 5.41) is 6.26. The van der Waals surface area contributed by atoms with E-state index in [9.17, 15) is 9.59 Å². The molecular weight excluding hydrogens is 342 g/mol. The SMILES string of the molecule is COc1ccccc1N1CCC(Nc2ccc(C(=O)NC3CC3)cc2)C1=O. The van der Waals surface area contributed by atoms with Crippen LogP contribution in [0.4, 0.5) is 11.4 Å². The zero-order valence-electron chi connectivity index (χ0n) is 15.3. The molecule has 2 amide bonds. The molecule has 140 valence electrons. The van der Waals surface area contributed by atoms with Crippen molar-refractivity contribution < 1.29 is 14.3 Å². The Kier molecular flexibility index (Phi) is 4.71. The molecule has 1 atom stereocenters. The largest absolute Gasteiger partial charge is 0.495 e. The van der Waals surface area contributed by atoms with Gasteiger partial charge >= 0.3 is 0 Å². The van der Waals surface area contributed by atoms with Crippen LogP contribution >= 0.6 is 0 Å². The van der Waals surface area contributed by atoms with Gasteiger partial charge in [0.1, 0.15) is 11.8 Å². The normalized spacial score (nSPS) is 19.1. The highest BCUT2D eigenvalue weighted by Gasteiger charge is 2.33. The number of nitrogens with one attached hydrogen (secondary N) is 2. The summed E-state index contributed by atoms with van der Waals surface area (Å²) in [7, 11) is 1.61. The van der Waals surface area contributed by atoms with Crippen LogP contribution < -0.4 is 20.3 Å². The number of rotatable bonds is 6. The minimum atomic E-state index is -0.291. The third kappa shape index (κ3) is 3.74. The lowest BCUT2D eigenvalue weighted by molar-refractivity contribution is -0.117. The Morgan fingerprint density at radius 1 is 1.07 bits per heavy atom. The number of amides is 2. The highest BCUT2D eigenvalue weighted by atomic mass is 16.5. The Morgan fingerprint density at radius 3 is 2.52 bits per heavy atom. The first-order chi connectivity index (χ1) is 13.2. The summed E-state index contributed by atoms with van der Waals surface area (Å²) >= 11 is 0. The molecule has 2 aliphatic rings. The molecule has 6 nitrogen and oxygen atoms in total. The summed E-state index contributed by atoms with van der Waals surface area (Å²) < 4.78 is 5.37. The fourth-order valence-corrected chi connectivity index (χ4v) is 3.32. The zero-order valence-corrected chi connectivity index (χ0v) is 15.3. The topological polar surface area (TPSA) is 70.7 Å². The summed E-state index contributed by atoms with van der Waals surface area (Å²) in [6.45, 7) is 0.638. The van der Waals surface area contributed by atoms with Crippen molar-refractivity contribution in [2.45, 2.75) is 31.3 Å². The van der Waals surface area contributed by atoms with E-state index in [1.807, 2.05) is 36.4 Å². The molecule has 6 heteroatoms. The summed E-state index contributed by atoms with van der Waals surface area (Å²) in [6.07, 6.45) is 2.84. The van der Waals surface area contributed by atoms with E-state index in [1.54, 1.807) is 24.1 Å². The number of anilines is 2. The number of ether oxygens (including phenoxy) is 1. The maximum atomic E-state index is 12.8. The predicted molar refractivity (Wildman–Crippen MR) is 104 cm³/mol. The molecule has 1 aliphatic heterocycles. The fourth-order valence-electron chi connectivity index (χ4n) is 3.32. The second kappa shape index (κ2) is 7.31. The first-order valence-electron chi connectivity index (χ1n) is 9.27. The van der Waals surface area contributed by atoms with Gasteiger partial charge in [0, 0.05) is 23.8 Å². The van der Waals surface area contributed by atoms with Gasteiger partial charge in [0.2, 0.25) is 5.91 Å². The molecule has 2 aromatic carbocycles. The second-order valence-corrected chi connectivity index (χ2v) is 6.97. The van der Waals surface area contributed by atoms with Gasteiger partial charge in [-0.25, -0.2) is 0 Å². The molecule has 0 bridgehead atoms. The third-order valence-corrected chi connectivity index (χ3v) is 4.98.